The van der Waals surface area contributed by atoms with Gasteiger partial charge in [0, 0.05) is 23.6 Å². The third-order valence-electron chi connectivity index (χ3n) is 3.94. The van der Waals surface area contributed by atoms with Gasteiger partial charge in [-0.1, -0.05) is 0 Å². The molecule has 1 atom stereocenters. The van der Waals surface area contributed by atoms with Gasteiger partial charge in [-0.15, -0.1) is 10.2 Å². The predicted octanol–water partition coefficient (Wildman–Crippen LogP) is 1.92. The van der Waals surface area contributed by atoms with Crippen LogP contribution in [0.25, 0.3) is 22.3 Å². The minimum absolute atomic E-state index is 0.0310. The molecule has 1 N–H and O–H groups in total. The minimum atomic E-state index is -0.0310. The second kappa shape index (κ2) is 5.38. The summed E-state index contributed by atoms with van der Waals surface area (Å²) in [5, 5.41) is 19.7. The predicted molar refractivity (Wildman–Crippen MR) is 78.3 cm³/mol. The highest BCUT2D eigenvalue weighted by Crippen LogP contribution is 2.33. The third kappa shape index (κ3) is 2.12. The number of H-pyrrole nitrogens is 1. The zero-order valence-electron chi connectivity index (χ0n) is 12.2. The fourth-order valence-electron chi connectivity index (χ4n) is 2.84. The molecule has 0 radical (unpaired) electrons. The van der Waals surface area contributed by atoms with E-state index in [4.69, 9.17) is 9.47 Å². The number of fused-ring (bicyclic) bond motifs is 1. The molecule has 1 aliphatic rings. The van der Waals surface area contributed by atoms with Crippen LogP contribution in [0.1, 0.15) is 25.5 Å². The Morgan fingerprint density at radius 3 is 3.05 bits per heavy atom. The molecule has 1 fully saturated rings. The number of benzene rings is 1. The number of nitrogens with zero attached hydrogens (tertiary/aromatic N) is 5. The maximum atomic E-state index is 5.84. The summed E-state index contributed by atoms with van der Waals surface area (Å²) in [5.74, 6) is 1.25. The van der Waals surface area contributed by atoms with E-state index in [0.29, 0.717) is 5.82 Å². The molecule has 3 aromatic rings. The van der Waals surface area contributed by atoms with Crippen LogP contribution in [0.15, 0.2) is 18.3 Å². The summed E-state index contributed by atoms with van der Waals surface area (Å²) in [4.78, 5) is 0. The molecule has 0 saturated carbocycles. The van der Waals surface area contributed by atoms with E-state index in [9.17, 15) is 0 Å². The highest BCUT2D eigenvalue weighted by molar-refractivity contribution is 5.94. The van der Waals surface area contributed by atoms with E-state index in [1.165, 1.54) is 0 Å². The second-order valence-corrected chi connectivity index (χ2v) is 5.25. The Hall–Kier alpha value is -2.48. The van der Waals surface area contributed by atoms with E-state index in [1.807, 2.05) is 23.0 Å². The summed E-state index contributed by atoms with van der Waals surface area (Å²) in [6, 6.07) is 3.85. The standard InChI is InChI=1S/C14H16N6O2/c1-21-9-6-10(14-16-18-19-17-14)11-8-15-20(12(11)7-9)13-4-2-3-5-22-13/h6-8,13H,2-5H2,1H3,(H,16,17,18,19). The number of hydrogen-bond acceptors (Lipinski definition) is 6. The largest absolute Gasteiger partial charge is 0.497 e. The van der Waals surface area contributed by atoms with E-state index in [-0.39, 0.29) is 6.23 Å². The molecule has 8 heteroatoms. The molecule has 0 aliphatic carbocycles. The van der Waals surface area contributed by atoms with Gasteiger partial charge >= 0.3 is 0 Å². The zero-order chi connectivity index (χ0) is 14.9. The third-order valence-corrected chi connectivity index (χ3v) is 3.94. The second-order valence-electron chi connectivity index (χ2n) is 5.25. The lowest BCUT2D eigenvalue weighted by atomic mass is 10.1. The van der Waals surface area contributed by atoms with Gasteiger partial charge in [-0.05, 0) is 30.5 Å². The van der Waals surface area contributed by atoms with E-state index < -0.39 is 0 Å². The van der Waals surface area contributed by atoms with Crippen molar-refractivity contribution in [3.63, 3.8) is 0 Å². The van der Waals surface area contributed by atoms with Crippen LogP contribution in [0.2, 0.25) is 0 Å². The van der Waals surface area contributed by atoms with E-state index in [2.05, 4.69) is 25.7 Å². The summed E-state index contributed by atoms with van der Waals surface area (Å²) < 4.78 is 13.2. The summed E-state index contributed by atoms with van der Waals surface area (Å²) in [7, 11) is 1.64. The normalized spacial score (nSPS) is 18.7. The number of rotatable bonds is 3. The van der Waals surface area contributed by atoms with Gasteiger partial charge < -0.3 is 9.47 Å². The Bertz CT molecular complexity index is 776. The molecule has 0 bridgehead atoms. The molecule has 8 nitrogen and oxygen atoms in total. The fraction of sp³-hybridized carbons (Fsp3) is 0.429. The van der Waals surface area contributed by atoms with Crippen molar-refractivity contribution in [2.45, 2.75) is 25.5 Å². The van der Waals surface area contributed by atoms with Crippen molar-refractivity contribution < 1.29 is 9.47 Å². The van der Waals surface area contributed by atoms with Gasteiger partial charge in [0.15, 0.2) is 6.23 Å². The first-order valence-corrected chi connectivity index (χ1v) is 7.27. The molecule has 1 aliphatic heterocycles. The lowest BCUT2D eigenvalue weighted by molar-refractivity contribution is -0.0366. The first kappa shape index (κ1) is 13.2. The molecule has 1 aromatic carbocycles. The number of nitrogens with one attached hydrogen (secondary N) is 1. The Morgan fingerprint density at radius 1 is 1.36 bits per heavy atom. The van der Waals surface area contributed by atoms with Crippen molar-refractivity contribution in [3.05, 3.63) is 18.3 Å². The average Bonchev–Trinajstić information content (AvgIpc) is 3.24. The highest BCUT2D eigenvalue weighted by Gasteiger charge is 2.21. The molecule has 114 valence electrons. The number of hydrogen-bond donors (Lipinski definition) is 1. The number of methoxy groups -OCH3 is 1. The van der Waals surface area contributed by atoms with Crippen LogP contribution in [-0.4, -0.2) is 44.1 Å². The quantitative estimate of drug-likeness (QED) is 0.794. The summed E-state index contributed by atoms with van der Waals surface area (Å²) in [6.45, 7) is 0.772. The van der Waals surface area contributed by atoms with Crippen LogP contribution < -0.4 is 4.74 Å². The number of tetrazole rings is 1. The Kier molecular flexibility index (Phi) is 3.23. The average molecular weight is 300 g/mol. The molecule has 4 rings (SSSR count). The first-order valence-electron chi connectivity index (χ1n) is 7.27. The van der Waals surface area contributed by atoms with Gasteiger partial charge in [-0.25, -0.2) is 4.68 Å². The Labute approximate surface area is 126 Å². The molecule has 2 aromatic heterocycles. The van der Waals surface area contributed by atoms with Crippen LogP contribution in [-0.2, 0) is 4.74 Å². The SMILES string of the molecule is COc1cc(-c2nn[nH]n2)c2cnn(C3CCCCO3)c2c1. The lowest BCUT2D eigenvalue weighted by Crippen LogP contribution is -2.18. The summed E-state index contributed by atoms with van der Waals surface area (Å²) in [6.07, 6.45) is 5.00. The molecular weight excluding hydrogens is 284 g/mol. The van der Waals surface area contributed by atoms with Crippen molar-refractivity contribution in [2.75, 3.05) is 13.7 Å². The van der Waals surface area contributed by atoms with E-state index >= 15 is 0 Å². The van der Waals surface area contributed by atoms with Gasteiger partial charge in [-0.2, -0.15) is 10.3 Å². The van der Waals surface area contributed by atoms with Crippen molar-refractivity contribution in [1.82, 2.24) is 30.4 Å². The van der Waals surface area contributed by atoms with Crippen LogP contribution in [0.3, 0.4) is 0 Å². The lowest BCUT2D eigenvalue weighted by Gasteiger charge is -2.23. The maximum absolute atomic E-state index is 5.84. The Morgan fingerprint density at radius 2 is 2.32 bits per heavy atom. The smallest absolute Gasteiger partial charge is 0.205 e. The summed E-state index contributed by atoms with van der Waals surface area (Å²) >= 11 is 0. The molecular formula is C14H16N6O2. The van der Waals surface area contributed by atoms with Crippen molar-refractivity contribution in [2.24, 2.45) is 0 Å². The monoisotopic (exact) mass is 300 g/mol. The summed E-state index contributed by atoms with van der Waals surface area (Å²) in [5.41, 5.74) is 1.79. The Balaban J connectivity index is 1.89. The molecule has 1 unspecified atom stereocenters. The number of aromatic amines is 1. The van der Waals surface area contributed by atoms with Crippen LogP contribution in [0, 0.1) is 0 Å². The van der Waals surface area contributed by atoms with Crippen LogP contribution in [0.4, 0.5) is 0 Å². The maximum Gasteiger partial charge on any atom is 0.205 e. The topological polar surface area (TPSA) is 90.7 Å². The van der Waals surface area contributed by atoms with Crippen LogP contribution >= 0.6 is 0 Å². The molecule has 1 saturated heterocycles. The molecule has 0 amide bonds. The first-order chi connectivity index (χ1) is 10.9. The van der Waals surface area contributed by atoms with E-state index in [0.717, 1.165) is 48.1 Å². The molecule has 0 spiro atoms. The highest BCUT2D eigenvalue weighted by atomic mass is 16.5. The fourth-order valence-corrected chi connectivity index (χ4v) is 2.84. The molecule has 22 heavy (non-hydrogen) atoms. The van der Waals surface area contributed by atoms with Crippen LogP contribution in [0.5, 0.6) is 5.75 Å². The van der Waals surface area contributed by atoms with Gasteiger partial charge in [-0.3, -0.25) is 0 Å². The van der Waals surface area contributed by atoms with Crippen molar-refractivity contribution in [3.8, 4) is 17.1 Å². The number of aromatic nitrogens is 6. The van der Waals surface area contributed by atoms with Crippen molar-refractivity contribution >= 4 is 10.9 Å². The van der Waals surface area contributed by atoms with Gasteiger partial charge in [0.2, 0.25) is 5.82 Å². The molecule has 3 heterocycles. The van der Waals surface area contributed by atoms with Crippen molar-refractivity contribution in [1.29, 1.82) is 0 Å². The van der Waals surface area contributed by atoms with Gasteiger partial charge in [0.05, 0.1) is 18.8 Å². The number of ether oxygens (including phenoxy) is 2. The van der Waals surface area contributed by atoms with Gasteiger partial charge in [0.1, 0.15) is 5.75 Å². The minimum Gasteiger partial charge on any atom is -0.497 e. The van der Waals surface area contributed by atoms with Gasteiger partial charge in [0.25, 0.3) is 0 Å². The zero-order valence-corrected chi connectivity index (χ0v) is 12.2. The van der Waals surface area contributed by atoms with E-state index in [1.54, 1.807) is 7.11 Å².